The molecule has 2 bridgehead atoms. The lowest BCUT2D eigenvalue weighted by molar-refractivity contribution is -0.192. The van der Waals surface area contributed by atoms with Crippen LogP contribution in [0.25, 0.3) is 0 Å². The van der Waals surface area contributed by atoms with Gasteiger partial charge in [-0.2, -0.15) is 26.7 Å². The predicted molar refractivity (Wildman–Crippen MR) is 125 cm³/mol. The zero-order valence-electron chi connectivity index (χ0n) is 21.7. The highest BCUT2D eigenvalue weighted by Gasteiger charge is 2.50. The first-order valence-corrected chi connectivity index (χ1v) is 13.5. The molecule has 3 aliphatic heterocycles. The first-order chi connectivity index (χ1) is 18.0. The molecule has 0 aliphatic carbocycles. The van der Waals surface area contributed by atoms with Crippen molar-refractivity contribution in [2.24, 2.45) is 5.41 Å². The van der Waals surface area contributed by atoms with E-state index in [1.807, 2.05) is 0 Å². The molecule has 0 aromatic heterocycles. The number of carbonyl (C=O) groups excluding carboxylic acids is 3. The van der Waals surface area contributed by atoms with Crippen LogP contribution < -0.4 is 10.6 Å². The Morgan fingerprint density at radius 3 is 2.26 bits per heavy atom. The number of esters is 1. The van der Waals surface area contributed by atoms with E-state index < -0.39 is 58.7 Å². The number of hydrogen-bond acceptors (Lipinski definition) is 10. The number of aliphatic carboxylic acids is 1. The minimum atomic E-state index is -5.08. The number of hydrogen-bond donors (Lipinski definition) is 3. The quantitative estimate of drug-likeness (QED) is 0.319. The number of carboxylic acids is 1. The van der Waals surface area contributed by atoms with E-state index in [0.29, 0.717) is 12.8 Å². The van der Waals surface area contributed by atoms with Gasteiger partial charge in [-0.3, -0.25) is 9.59 Å². The third-order valence-corrected chi connectivity index (χ3v) is 6.87. The topological polar surface area (TPSA) is 181 Å². The molecule has 0 aromatic rings. The zero-order chi connectivity index (χ0) is 29.6. The molecule has 3 fully saturated rings. The van der Waals surface area contributed by atoms with E-state index in [1.54, 1.807) is 6.92 Å². The van der Waals surface area contributed by atoms with E-state index >= 15 is 0 Å². The van der Waals surface area contributed by atoms with Gasteiger partial charge >= 0.3 is 34.5 Å². The standard InChI is InChI=1S/C19H32N4O8S.C2HF3O2/c1-4-29-17(25)19(2,3)12-30-32(27,28)31-23-14-5-6-15(22(11-14)18(23)26)16(24)21-13-7-9-20-10-8-13;3-2(4,5)1(6)7/h13-15,20H,4-12H2,1-3H3,(H,21,24);(H,6,7)/t14-,15+;/m1./s1. The number of piperidine rings is 2. The lowest BCUT2D eigenvalue weighted by Gasteiger charge is -2.32. The largest absolute Gasteiger partial charge is 0.490 e. The summed E-state index contributed by atoms with van der Waals surface area (Å²) in [6.45, 7) is 6.08. The first-order valence-electron chi connectivity index (χ1n) is 12.2. The minimum Gasteiger partial charge on any atom is -0.475 e. The van der Waals surface area contributed by atoms with Crippen molar-refractivity contribution >= 4 is 34.3 Å². The monoisotopic (exact) mass is 590 g/mol. The van der Waals surface area contributed by atoms with E-state index in [1.165, 1.54) is 18.7 Å². The van der Waals surface area contributed by atoms with Gasteiger partial charge in [-0.05, 0) is 59.5 Å². The number of fused-ring (bicyclic) bond motifs is 2. The molecule has 3 saturated heterocycles. The number of carbonyl (C=O) groups is 4. The fourth-order valence-electron chi connectivity index (χ4n) is 3.99. The van der Waals surface area contributed by atoms with Crippen molar-refractivity contribution in [3.63, 3.8) is 0 Å². The Morgan fingerprint density at radius 2 is 1.72 bits per heavy atom. The summed E-state index contributed by atoms with van der Waals surface area (Å²) >= 11 is 0. The number of carboxylic acid groups (broad SMARTS) is 1. The van der Waals surface area contributed by atoms with Crippen LogP contribution in [0.15, 0.2) is 0 Å². The summed E-state index contributed by atoms with van der Waals surface area (Å²) in [6, 6.07) is -1.83. The van der Waals surface area contributed by atoms with Crippen molar-refractivity contribution in [3.05, 3.63) is 0 Å². The molecule has 3 heterocycles. The molecule has 2 atom stereocenters. The summed E-state index contributed by atoms with van der Waals surface area (Å²) in [4.78, 5) is 47.7. The minimum absolute atomic E-state index is 0.0584. The molecule has 3 rings (SSSR count). The van der Waals surface area contributed by atoms with Crippen LogP contribution in [0.2, 0.25) is 0 Å². The van der Waals surface area contributed by atoms with Crippen LogP contribution in [-0.4, -0.2) is 105 Å². The van der Waals surface area contributed by atoms with Gasteiger partial charge in [0.2, 0.25) is 5.91 Å². The Kier molecular flexibility index (Phi) is 10.9. The number of halogens is 3. The lowest BCUT2D eigenvalue weighted by atomic mass is 9.95. The molecule has 14 nitrogen and oxygen atoms in total. The van der Waals surface area contributed by atoms with Crippen LogP contribution in [-0.2, 0) is 38.0 Å². The lowest BCUT2D eigenvalue weighted by Crippen LogP contribution is -2.53. The van der Waals surface area contributed by atoms with Crippen LogP contribution >= 0.6 is 0 Å². The van der Waals surface area contributed by atoms with Crippen LogP contribution in [0.5, 0.6) is 0 Å². The smallest absolute Gasteiger partial charge is 0.475 e. The maximum atomic E-state index is 12.8. The number of urea groups is 1. The fraction of sp³-hybridized carbons (Fsp3) is 0.810. The molecule has 0 aromatic carbocycles. The highest BCUT2D eigenvalue weighted by Crippen LogP contribution is 2.31. The van der Waals surface area contributed by atoms with Crippen molar-refractivity contribution in [1.82, 2.24) is 20.6 Å². The number of nitrogens with one attached hydrogen (secondary N) is 2. The first kappa shape index (κ1) is 32.5. The maximum Gasteiger partial charge on any atom is 0.490 e. The summed E-state index contributed by atoms with van der Waals surface area (Å²) in [5.74, 6) is -3.61. The van der Waals surface area contributed by atoms with Gasteiger partial charge in [-0.1, -0.05) is 0 Å². The molecule has 3 amide bonds. The number of hydroxylamine groups is 2. The van der Waals surface area contributed by atoms with Gasteiger partial charge in [-0.25, -0.2) is 13.8 Å². The van der Waals surface area contributed by atoms with Crippen molar-refractivity contribution in [2.45, 2.75) is 70.8 Å². The Labute approximate surface area is 223 Å². The summed E-state index contributed by atoms with van der Waals surface area (Å²) in [7, 11) is -4.62. The van der Waals surface area contributed by atoms with Gasteiger partial charge in [0, 0.05) is 12.6 Å². The molecule has 3 aliphatic rings. The van der Waals surface area contributed by atoms with Crippen LogP contribution in [0.1, 0.15) is 46.5 Å². The summed E-state index contributed by atoms with van der Waals surface area (Å²) in [5, 5.41) is 14.1. The second-order valence-electron chi connectivity index (χ2n) is 9.69. The highest BCUT2D eigenvalue weighted by atomic mass is 32.3. The Balaban J connectivity index is 0.000000673. The Bertz CT molecular complexity index is 1020. The normalized spacial score (nSPS) is 22.2. The average molecular weight is 591 g/mol. The van der Waals surface area contributed by atoms with Gasteiger partial charge < -0.3 is 25.4 Å². The van der Waals surface area contributed by atoms with Crippen molar-refractivity contribution in [1.29, 1.82) is 0 Å². The van der Waals surface area contributed by atoms with Crippen LogP contribution in [0, 0.1) is 5.41 Å². The number of amides is 3. The number of nitrogens with zero attached hydrogens (tertiary/aromatic N) is 2. The highest BCUT2D eigenvalue weighted by molar-refractivity contribution is 7.81. The second-order valence-corrected chi connectivity index (χ2v) is 10.9. The van der Waals surface area contributed by atoms with Crippen LogP contribution in [0.4, 0.5) is 18.0 Å². The SMILES string of the molecule is CCOC(=O)C(C)(C)COS(=O)(=O)ON1C(=O)N2C[C@H]1CC[C@H]2C(=O)NC1CCNCC1.O=C(O)C(F)(F)F. The Morgan fingerprint density at radius 1 is 1.13 bits per heavy atom. The van der Waals surface area contributed by atoms with E-state index in [4.69, 9.17) is 23.1 Å². The van der Waals surface area contributed by atoms with Gasteiger partial charge in [0.15, 0.2) is 0 Å². The van der Waals surface area contributed by atoms with Gasteiger partial charge in [0.05, 0.1) is 24.7 Å². The summed E-state index contributed by atoms with van der Waals surface area (Å²) < 4.78 is 71.1. The third kappa shape index (κ3) is 9.18. The zero-order valence-corrected chi connectivity index (χ0v) is 22.5. The molecular weight excluding hydrogens is 557 g/mol. The number of ether oxygens (including phenoxy) is 1. The van der Waals surface area contributed by atoms with E-state index in [9.17, 15) is 36.0 Å². The van der Waals surface area contributed by atoms with Crippen LogP contribution in [0.3, 0.4) is 0 Å². The molecule has 224 valence electrons. The number of rotatable bonds is 9. The van der Waals surface area contributed by atoms with Gasteiger partial charge in [-0.15, -0.1) is 4.28 Å². The summed E-state index contributed by atoms with van der Waals surface area (Å²) in [6.07, 6.45) is -2.62. The molecule has 0 unspecified atom stereocenters. The van der Waals surface area contributed by atoms with Crippen molar-refractivity contribution < 1.29 is 59.1 Å². The molecule has 39 heavy (non-hydrogen) atoms. The molecule has 0 spiro atoms. The molecule has 0 radical (unpaired) electrons. The maximum absolute atomic E-state index is 12.8. The van der Waals surface area contributed by atoms with Crippen molar-refractivity contribution in [3.8, 4) is 0 Å². The van der Waals surface area contributed by atoms with E-state index in [-0.39, 0.29) is 25.1 Å². The Hall–Kier alpha value is -2.70. The van der Waals surface area contributed by atoms with Gasteiger partial charge in [0.1, 0.15) is 6.04 Å². The molecule has 18 heteroatoms. The average Bonchev–Trinajstić information content (AvgIpc) is 3.07. The summed E-state index contributed by atoms with van der Waals surface area (Å²) in [5.41, 5.74) is -1.22. The second kappa shape index (κ2) is 13.1. The molecule has 0 saturated carbocycles. The van der Waals surface area contributed by atoms with E-state index in [0.717, 1.165) is 31.0 Å². The third-order valence-electron chi connectivity index (χ3n) is 6.12. The van der Waals surface area contributed by atoms with Gasteiger partial charge in [0.25, 0.3) is 0 Å². The number of alkyl halides is 3. The van der Waals surface area contributed by atoms with Crippen molar-refractivity contribution in [2.75, 3.05) is 32.8 Å². The fourth-order valence-corrected chi connectivity index (χ4v) is 4.86. The molecular formula is C21H33F3N4O10S. The van der Waals surface area contributed by atoms with E-state index in [2.05, 4.69) is 10.6 Å². The molecule has 3 N–H and O–H groups in total. The predicted octanol–water partition coefficient (Wildman–Crippen LogP) is 0.539.